The van der Waals surface area contributed by atoms with Crippen molar-refractivity contribution in [2.75, 3.05) is 13.1 Å². The van der Waals surface area contributed by atoms with E-state index in [1.807, 2.05) is 30.3 Å². The molecule has 1 atom stereocenters. The number of ether oxygens (including phenoxy) is 1. The van der Waals surface area contributed by atoms with Crippen LogP contribution in [0.25, 0.3) is 0 Å². The fourth-order valence-corrected chi connectivity index (χ4v) is 1.94. The van der Waals surface area contributed by atoms with Crippen LogP contribution in [0.1, 0.15) is 18.4 Å². The highest BCUT2D eigenvalue weighted by atomic mass is 16.5. The smallest absolute Gasteiger partial charge is 0.408 e. The molecule has 0 saturated heterocycles. The van der Waals surface area contributed by atoms with Crippen molar-refractivity contribution in [2.45, 2.75) is 25.5 Å². The molecule has 0 fully saturated rings. The number of aliphatic imine (C=N–C) groups is 1. The lowest BCUT2D eigenvalue weighted by Gasteiger charge is -2.17. The van der Waals surface area contributed by atoms with Crippen LogP contribution in [0.2, 0.25) is 0 Å². The molecule has 0 heterocycles. The fourth-order valence-electron chi connectivity index (χ4n) is 1.94. The molecule has 0 aromatic heterocycles. The number of alkyl carbamates (subject to hydrolysis) is 1. The molecule has 9 heteroatoms. The van der Waals surface area contributed by atoms with Gasteiger partial charge >= 0.3 is 6.09 Å². The summed E-state index contributed by atoms with van der Waals surface area (Å²) >= 11 is 0. The molecule has 0 spiro atoms. The Labute approximate surface area is 145 Å². The van der Waals surface area contributed by atoms with Gasteiger partial charge in [-0.2, -0.15) is 0 Å². The van der Waals surface area contributed by atoms with E-state index in [1.54, 1.807) is 0 Å². The van der Waals surface area contributed by atoms with Crippen molar-refractivity contribution in [3.63, 3.8) is 0 Å². The number of amides is 2. The number of carbonyl (C=O) groups is 3. The summed E-state index contributed by atoms with van der Waals surface area (Å²) in [6, 6.07) is 8.30. The molecule has 0 bridgehead atoms. The van der Waals surface area contributed by atoms with Gasteiger partial charge in [0.15, 0.2) is 5.96 Å². The summed E-state index contributed by atoms with van der Waals surface area (Å²) in [5.41, 5.74) is 11.3. The zero-order valence-corrected chi connectivity index (χ0v) is 13.8. The van der Waals surface area contributed by atoms with Gasteiger partial charge in [0.25, 0.3) is 0 Å². The van der Waals surface area contributed by atoms with Crippen molar-refractivity contribution in [3.05, 3.63) is 35.9 Å². The molecule has 136 valence electrons. The number of hydrogen-bond acceptors (Lipinski definition) is 5. The lowest BCUT2D eigenvalue weighted by atomic mass is 10.1. The van der Waals surface area contributed by atoms with Crippen molar-refractivity contribution in [1.29, 1.82) is 0 Å². The van der Waals surface area contributed by atoms with Crippen LogP contribution in [0.3, 0.4) is 0 Å². The number of guanidine groups is 1. The first-order valence-corrected chi connectivity index (χ1v) is 7.77. The lowest BCUT2D eigenvalue weighted by molar-refractivity contribution is -0.124. The largest absolute Gasteiger partial charge is 0.445 e. The quantitative estimate of drug-likeness (QED) is 0.196. The van der Waals surface area contributed by atoms with Gasteiger partial charge in [0.2, 0.25) is 5.91 Å². The van der Waals surface area contributed by atoms with Crippen LogP contribution in [-0.4, -0.2) is 43.4 Å². The minimum absolute atomic E-state index is 0.0443. The van der Waals surface area contributed by atoms with Gasteiger partial charge in [0.05, 0.1) is 6.54 Å². The number of nitrogens with one attached hydrogen (secondary N) is 2. The Morgan fingerprint density at radius 3 is 2.60 bits per heavy atom. The van der Waals surface area contributed by atoms with Gasteiger partial charge < -0.3 is 31.6 Å². The zero-order chi connectivity index (χ0) is 18.5. The summed E-state index contributed by atoms with van der Waals surface area (Å²) in [5, 5.41) is 4.88. The molecule has 0 aliphatic carbocycles. The molecule has 0 saturated carbocycles. The van der Waals surface area contributed by atoms with Crippen LogP contribution in [0, 0.1) is 0 Å². The van der Waals surface area contributed by atoms with Crippen LogP contribution in [0.15, 0.2) is 35.3 Å². The van der Waals surface area contributed by atoms with Crippen LogP contribution in [0.4, 0.5) is 4.79 Å². The molecule has 6 N–H and O–H groups in total. The van der Waals surface area contributed by atoms with Crippen molar-refractivity contribution in [1.82, 2.24) is 10.6 Å². The molecule has 1 aromatic rings. The molecule has 1 unspecified atom stereocenters. The summed E-state index contributed by atoms with van der Waals surface area (Å²) in [6.07, 6.45) is 0.594. The van der Waals surface area contributed by atoms with Crippen LogP contribution in [0.5, 0.6) is 0 Å². The molecule has 0 aliphatic rings. The number of benzene rings is 1. The van der Waals surface area contributed by atoms with Gasteiger partial charge in [0, 0.05) is 6.54 Å². The molecule has 25 heavy (non-hydrogen) atoms. The Balaban J connectivity index is 2.51. The van der Waals surface area contributed by atoms with E-state index in [0.29, 0.717) is 25.7 Å². The maximum atomic E-state index is 12.0. The van der Waals surface area contributed by atoms with Crippen molar-refractivity contribution in [2.24, 2.45) is 16.5 Å². The van der Waals surface area contributed by atoms with E-state index in [4.69, 9.17) is 16.2 Å². The third kappa shape index (κ3) is 8.94. The molecule has 9 nitrogen and oxygen atoms in total. The van der Waals surface area contributed by atoms with Crippen LogP contribution in [-0.2, 0) is 20.9 Å². The standard InChI is InChI=1S/C16H23N5O4/c17-15(18)20-8-4-7-13(14(23)19-9-10-22)21-16(24)25-11-12-5-2-1-3-6-12/h1-3,5-6,10,13H,4,7-9,11H2,(H,19,23)(H,21,24)(H4,17,18,20). The van der Waals surface area contributed by atoms with Crippen molar-refractivity contribution >= 4 is 24.2 Å². The lowest BCUT2D eigenvalue weighted by Crippen LogP contribution is -2.47. The van der Waals surface area contributed by atoms with Crippen LogP contribution >= 0.6 is 0 Å². The highest BCUT2D eigenvalue weighted by Crippen LogP contribution is 2.03. The molecule has 0 radical (unpaired) electrons. The molecular formula is C16H23N5O4. The predicted octanol–water partition coefficient (Wildman–Crippen LogP) is -0.350. The van der Waals surface area contributed by atoms with Gasteiger partial charge in [-0.1, -0.05) is 30.3 Å². The first-order chi connectivity index (χ1) is 12.0. The van der Waals surface area contributed by atoms with Gasteiger partial charge in [-0.25, -0.2) is 4.79 Å². The topological polar surface area (TPSA) is 149 Å². The van der Waals surface area contributed by atoms with E-state index in [9.17, 15) is 14.4 Å². The number of nitrogens with two attached hydrogens (primary N) is 2. The molecule has 0 aliphatic heterocycles. The summed E-state index contributed by atoms with van der Waals surface area (Å²) in [5.74, 6) is -0.523. The number of hydrogen-bond donors (Lipinski definition) is 4. The molecule has 1 aromatic carbocycles. The van der Waals surface area contributed by atoms with E-state index in [1.165, 1.54) is 0 Å². The van der Waals surface area contributed by atoms with Gasteiger partial charge in [-0.15, -0.1) is 0 Å². The second-order valence-corrected chi connectivity index (χ2v) is 5.12. The third-order valence-electron chi connectivity index (χ3n) is 3.13. The average Bonchev–Trinajstić information content (AvgIpc) is 2.61. The summed E-state index contributed by atoms with van der Waals surface area (Å²) in [6.45, 7) is 0.272. The maximum Gasteiger partial charge on any atom is 0.408 e. The highest BCUT2D eigenvalue weighted by molar-refractivity contribution is 5.86. The summed E-state index contributed by atoms with van der Waals surface area (Å²) in [4.78, 5) is 38.1. The number of rotatable bonds is 10. The monoisotopic (exact) mass is 349 g/mol. The van der Waals surface area contributed by atoms with Crippen LogP contribution < -0.4 is 22.1 Å². The normalized spacial score (nSPS) is 11.0. The zero-order valence-electron chi connectivity index (χ0n) is 13.8. The molecule has 1 rings (SSSR count). The summed E-state index contributed by atoms with van der Waals surface area (Å²) in [7, 11) is 0. The SMILES string of the molecule is NC(N)=NCCCC(NC(=O)OCc1ccccc1)C(=O)NCC=O. The molecular weight excluding hydrogens is 326 g/mol. The fraction of sp³-hybridized carbons (Fsp3) is 0.375. The predicted molar refractivity (Wildman–Crippen MR) is 92.5 cm³/mol. The van der Waals surface area contributed by atoms with E-state index >= 15 is 0 Å². The Morgan fingerprint density at radius 2 is 1.96 bits per heavy atom. The number of nitrogens with zero attached hydrogens (tertiary/aromatic N) is 1. The van der Waals surface area contributed by atoms with E-state index in [2.05, 4.69) is 15.6 Å². The first kappa shape index (κ1) is 19.9. The number of carbonyl (C=O) groups excluding carboxylic acids is 3. The maximum absolute atomic E-state index is 12.0. The van der Waals surface area contributed by atoms with E-state index < -0.39 is 18.0 Å². The summed E-state index contributed by atoms with van der Waals surface area (Å²) < 4.78 is 5.09. The highest BCUT2D eigenvalue weighted by Gasteiger charge is 2.20. The van der Waals surface area contributed by atoms with E-state index in [-0.39, 0.29) is 19.1 Å². The second kappa shape index (κ2) is 11.4. The Kier molecular flexibility index (Phi) is 9.13. The van der Waals surface area contributed by atoms with Gasteiger partial charge in [0.1, 0.15) is 18.9 Å². The Morgan fingerprint density at radius 1 is 1.24 bits per heavy atom. The minimum Gasteiger partial charge on any atom is -0.445 e. The first-order valence-electron chi connectivity index (χ1n) is 7.77. The van der Waals surface area contributed by atoms with Crippen molar-refractivity contribution < 1.29 is 19.1 Å². The minimum atomic E-state index is -0.850. The average molecular weight is 349 g/mol. The Hall–Kier alpha value is -3.10. The van der Waals surface area contributed by atoms with Crippen molar-refractivity contribution in [3.8, 4) is 0 Å². The Bertz CT molecular complexity index is 587. The van der Waals surface area contributed by atoms with Gasteiger partial charge in [-0.3, -0.25) is 9.79 Å². The second-order valence-electron chi connectivity index (χ2n) is 5.12. The third-order valence-corrected chi connectivity index (χ3v) is 3.13. The molecule has 2 amide bonds. The van der Waals surface area contributed by atoms with E-state index in [0.717, 1.165) is 5.56 Å². The van der Waals surface area contributed by atoms with Gasteiger partial charge in [-0.05, 0) is 18.4 Å². The number of aldehydes is 1.